The molecule has 3 nitrogen and oxygen atoms in total. The molecule has 0 bridgehead atoms. The van der Waals surface area contributed by atoms with Gasteiger partial charge in [0.15, 0.2) is 0 Å². The summed E-state index contributed by atoms with van der Waals surface area (Å²) < 4.78 is 4.88. The molecule has 1 aliphatic rings. The fourth-order valence-corrected chi connectivity index (χ4v) is 1.20. The Morgan fingerprint density at radius 2 is 2.10 bits per heavy atom. The van der Waals surface area contributed by atoms with Crippen LogP contribution in [-0.2, 0) is 9.53 Å². The van der Waals surface area contributed by atoms with Gasteiger partial charge < -0.3 is 10.1 Å². The Bertz CT molecular complexity index is 139. The minimum absolute atomic E-state index is 0.0918. The van der Waals surface area contributed by atoms with E-state index in [0.29, 0.717) is 0 Å². The SMILES string of the molecule is N=CC(=O)OC1CCCC1. The van der Waals surface area contributed by atoms with Crippen molar-refractivity contribution in [3.05, 3.63) is 0 Å². The zero-order valence-electron chi connectivity index (χ0n) is 5.80. The van der Waals surface area contributed by atoms with E-state index in [9.17, 15) is 4.79 Å². The summed E-state index contributed by atoms with van der Waals surface area (Å²) in [6.07, 6.45) is 5.05. The number of carbonyl (C=O) groups is 1. The van der Waals surface area contributed by atoms with Crippen LogP contribution in [0.2, 0.25) is 0 Å². The van der Waals surface area contributed by atoms with Gasteiger partial charge in [0.2, 0.25) is 0 Å². The highest BCUT2D eigenvalue weighted by Gasteiger charge is 2.17. The van der Waals surface area contributed by atoms with Crippen LogP contribution in [0.15, 0.2) is 0 Å². The molecule has 1 N–H and O–H groups in total. The Kier molecular flexibility index (Phi) is 2.42. The van der Waals surface area contributed by atoms with Crippen LogP contribution in [0.3, 0.4) is 0 Å². The molecule has 1 fully saturated rings. The van der Waals surface area contributed by atoms with Gasteiger partial charge in [0.05, 0.1) is 0 Å². The lowest BCUT2D eigenvalue weighted by Crippen LogP contribution is -2.14. The molecule has 0 aromatic heterocycles. The van der Waals surface area contributed by atoms with Gasteiger partial charge in [0.25, 0.3) is 0 Å². The highest BCUT2D eigenvalue weighted by Crippen LogP contribution is 2.20. The fraction of sp³-hybridized carbons (Fsp3) is 0.714. The average molecular weight is 141 g/mol. The van der Waals surface area contributed by atoms with Crippen molar-refractivity contribution in [1.82, 2.24) is 0 Å². The highest BCUT2D eigenvalue weighted by atomic mass is 16.5. The number of nitrogens with one attached hydrogen (secondary N) is 1. The van der Waals surface area contributed by atoms with Gasteiger partial charge in [-0.2, -0.15) is 0 Å². The van der Waals surface area contributed by atoms with E-state index < -0.39 is 5.97 Å². The summed E-state index contributed by atoms with van der Waals surface area (Å²) >= 11 is 0. The normalized spacial score (nSPS) is 18.8. The first-order chi connectivity index (χ1) is 4.83. The molecule has 0 aliphatic heterocycles. The van der Waals surface area contributed by atoms with Gasteiger partial charge in [-0.1, -0.05) is 0 Å². The summed E-state index contributed by atoms with van der Waals surface area (Å²) in [5, 5.41) is 6.57. The smallest absolute Gasteiger partial charge is 0.348 e. The Morgan fingerprint density at radius 3 is 2.60 bits per heavy atom. The van der Waals surface area contributed by atoms with E-state index in [2.05, 4.69) is 0 Å². The summed E-state index contributed by atoms with van der Waals surface area (Å²) in [4.78, 5) is 10.5. The van der Waals surface area contributed by atoms with Crippen molar-refractivity contribution in [3.8, 4) is 0 Å². The van der Waals surface area contributed by atoms with E-state index in [1.165, 1.54) is 0 Å². The lowest BCUT2D eigenvalue weighted by molar-refractivity contribution is -0.139. The zero-order valence-corrected chi connectivity index (χ0v) is 5.80. The maximum atomic E-state index is 10.5. The van der Waals surface area contributed by atoms with Crippen LogP contribution in [0.1, 0.15) is 25.7 Å². The number of rotatable bonds is 2. The number of ether oxygens (including phenoxy) is 1. The standard InChI is InChI=1S/C7H11NO2/c8-5-7(9)10-6-3-1-2-4-6/h5-6,8H,1-4H2. The number of esters is 1. The molecule has 0 spiro atoms. The quantitative estimate of drug-likeness (QED) is 0.462. The molecule has 0 unspecified atom stereocenters. The molecule has 0 aromatic rings. The maximum Gasteiger partial charge on any atom is 0.348 e. The topological polar surface area (TPSA) is 50.2 Å². The van der Waals surface area contributed by atoms with Gasteiger partial charge in [0, 0.05) is 0 Å². The molecular weight excluding hydrogens is 130 g/mol. The number of carbonyl (C=O) groups excluding carboxylic acids is 1. The van der Waals surface area contributed by atoms with E-state index in [-0.39, 0.29) is 6.10 Å². The summed E-state index contributed by atoms with van der Waals surface area (Å²) in [5.41, 5.74) is 0. The molecule has 3 heteroatoms. The average Bonchev–Trinajstić information content (AvgIpc) is 2.40. The van der Waals surface area contributed by atoms with Crippen LogP contribution < -0.4 is 0 Å². The minimum atomic E-state index is -0.507. The molecule has 0 saturated heterocycles. The van der Waals surface area contributed by atoms with Crippen LogP contribution in [0, 0.1) is 5.41 Å². The van der Waals surface area contributed by atoms with Crippen molar-refractivity contribution in [2.24, 2.45) is 0 Å². The van der Waals surface area contributed by atoms with Crippen molar-refractivity contribution in [2.45, 2.75) is 31.8 Å². The van der Waals surface area contributed by atoms with Crippen LogP contribution in [-0.4, -0.2) is 18.3 Å². The molecule has 1 aliphatic carbocycles. The summed E-state index contributed by atoms with van der Waals surface area (Å²) in [7, 11) is 0. The Labute approximate surface area is 59.9 Å². The molecule has 0 atom stereocenters. The lowest BCUT2D eigenvalue weighted by atomic mass is 10.3. The van der Waals surface area contributed by atoms with Crippen LogP contribution in [0.5, 0.6) is 0 Å². The molecule has 1 saturated carbocycles. The van der Waals surface area contributed by atoms with Gasteiger partial charge in [-0.25, -0.2) is 4.79 Å². The Morgan fingerprint density at radius 1 is 1.50 bits per heavy atom. The van der Waals surface area contributed by atoms with Crippen molar-refractivity contribution >= 4 is 12.2 Å². The molecule has 0 aromatic carbocycles. The summed E-state index contributed by atoms with van der Waals surface area (Å²) in [6, 6.07) is 0. The third-order valence-electron chi connectivity index (χ3n) is 1.70. The van der Waals surface area contributed by atoms with E-state index in [4.69, 9.17) is 10.1 Å². The fourth-order valence-electron chi connectivity index (χ4n) is 1.20. The van der Waals surface area contributed by atoms with E-state index in [1.54, 1.807) is 0 Å². The van der Waals surface area contributed by atoms with Gasteiger partial charge in [-0.15, -0.1) is 0 Å². The Hall–Kier alpha value is -0.860. The first kappa shape index (κ1) is 7.25. The second-order valence-electron chi connectivity index (χ2n) is 2.49. The number of hydrogen-bond acceptors (Lipinski definition) is 3. The van der Waals surface area contributed by atoms with Gasteiger partial charge in [0.1, 0.15) is 12.3 Å². The first-order valence-electron chi connectivity index (χ1n) is 3.54. The highest BCUT2D eigenvalue weighted by molar-refractivity contribution is 6.21. The molecule has 0 heterocycles. The Balaban J connectivity index is 2.23. The molecule has 0 radical (unpaired) electrons. The second kappa shape index (κ2) is 3.34. The van der Waals surface area contributed by atoms with Crippen molar-refractivity contribution < 1.29 is 9.53 Å². The zero-order chi connectivity index (χ0) is 7.40. The monoisotopic (exact) mass is 141 g/mol. The van der Waals surface area contributed by atoms with Gasteiger partial charge in [-0.05, 0) is 25.7 Å². The molecule has 10 heavy (non-hydrogen) atoms. The van der Waals surface area contributed by atoms with Gasteiger partial charge in [-0.3, -0.25) is 0 Å². The third kappa shape index (κ3) is 1.83. The number of hydrogen-bond donors (Lipinski definition) is 1. The second-order valence-corrected chi connectivity index (χ2v) is 2.49. The van der Waals surface area contributed by atoms with E-state index in [0.717, 1.165) is 31.9 Å². The van der Waals surface area contributed by atoms with E-state index in [1.807, 2.05) is 0 Å². The van der Waals surface area contributed by atoms with Crippen LogP contribution >= 0.6 is 0 Å². The van der Waals surface area contributed by atoms with Crippen molar-refractivity contribution in [1.29, 1.82) is 5.41 Å². The molecule has 0 amide bonds. The third-order valence-corrected chi connectivity index (χ3v) is 1.70. The first-order valence-corrected chi connectivity index (χ1v) is 3.54. The molecular formula is C7H11NO2. The summed E-state index contributed by atoms with van der Waals surface area (Å²) in [5.74, 6) is -0.507. The predicted molar refractivity (Wildman–Crippen MR) is 37.1 cm³/mol. The minimum Gasteiger partial charge on any atom is -0.458 e. The lowest BCUT2D eigenvalue weighted by Gasteiger charge is -2.07. The van der Waals surface area contributed by atoms with Crippen molar-refractivity contribution in [2.75, 3.05) is 0 Å². The predicted octanol–water partition coefficient (Wildman–Crippen LogP) is 1.12. The molecule has 1 rings (SSSR count). The van der Waals surface area contributed by atoms with Crippen molar-refractivity contribution in [3.63, 3.8) is 0 Å². The summed E-state index contributed by atoms with van der Waals surface area (Å²) in [6.45, 7) is 0. The van der Waals surface area contributed by atoms with Gasteiger partial charge >= 0.3 is 5.97 Å². The van der Waals surface area contributed by atoms with Crippen LogP contribution in [0.25, 0.3) is 0 Å². The molecule has 56 valence electrons. The van der Waals surface area contributed by atoms with Crippen LogP contribution in [0.4, 0.5) is 0 Å². The largest absolute Gasteiger partial charge is 0.458 e. The maximum absolute atomic E-state index is 10.5. The van der Waals surface area contributed by atoms with E-state index >= 15 is 0 Å².